The van der Waals surface area contributed by atoms with Crippen LogP contribution < -0.4 is 10.6 Å². The SMILES string of the molecule is C[C@H](CN1CCCC1=O)NC(=O)Nc1cccc(COCc2ccco2)c1. The summed E-state index contributed by atoms with van der Waals surface area (Å²) in [4.78, 5) is 25.6. The Morgan fingerprint density at radius 2 is 2.19 bits per heavy atom. The van der Waals surface area contributed by atoms with Crippen molar-refractivity contribution in [1.82, 2.24) is 10.2 Å². The van der Waals surface area contributed by atoms with Crippen LogP contribution in [0.4, 0.5) is 10.5 Å². The van der Waals surface area contributed by atoms with E-state index in [1.807, 2.05) is 43.3 Å². The standard InChI is InChI=1S/C20H25N3O4/c1-15(12-23-9-3-8-19(23)24)21-20(25)22-17-6-2-5-16(11-17)13-26-14-18-7-4-10-27-18/h2,4-7,10-11,15H,3,8-9,12-14H2,1H3,(H2,21,22,25)/t15-/m1/s1. The molecule has 1 saturated heterocycles. The van der Waals surface area contributed by atoms with Gasteiger partial charge in [0.15, 0.2) is 0 Å². The minimum absolute atomic E-state index is 0.119. The van der Waals surface area contributed by atoms with Crippen molar-refractivity contribution in [3.8, 4) is 0 Å². The van der Waals surface area contributed by atoms with Gasteiger partial charge >= 0.3 is 6.03 Å². The number of urea groups is 1. The van der Waals surface area contributed by atoms with Crippen LogP contribution in [-0.4, -0.2) is 36.0 Å². The van der Waals surface area contributed by atoms with Crippen LogP contribution in [0.3, 0.4) is 0 Å². The van der Waals surface area contributed by atoms with Gasteiger partial charge in [0.2, 0.25) is 5.91 Å². The molecule has 0 unspecified atom stereocenters. The molecule has 3 amide bonds. The number of likely N-dealkylation sites (tertiary alicyclic amines) is 1. The Labute approximate surface area is 158 Å². The first-order chi connectivity index (χ1) is 13.1. The van der Waals surface area contributed by atoms with Crippen LogP contribution in [0, 0.1) is 0 Å². The lowest BCUT2D eigenvalue weighted by Gasteiger charge is -2.21. The maximum Gasteiger partial charge on any atom is 0.319 e. The molecule has 2 N–H and O–H groups in total. The zero-order valence-electron chi connectivity index (χ0n) is 15.4. The van der Waals surface area contributed by atoms with Crippen molar-refractivity contribution in [2.45, 2.75) is 39.0 Å². The van der Waals surface area contributed by atoms with Crippen molar-refractivity contribution in [1.29, 1.82) is 0 Å². The first kappa shape index (κ1) is 19.0. The molecule has 0 spiro atoms. The van der Waals surface area contributed by atoms with E-state index in [0.29, 0.717) is 31.9 Å². The van der Waals surface area contributed by atoms with Crippen molar-refractivity contribution in [2.75, 3.05) is 18.4 Å². The highest BCUT2D eigenvalue weighted by Gasteiger charge is 2.22. The monoisotopic (exact) mass is 371 g/mol. The number of furan rings is 1. The number of carbonyl (C=O) groups excluding carboxylic acids is 2. The minimum Gasteiger partial charge on any atom is -0.467 e. The van der Waals surface area contributed by atoms with E-state index in [4.69, 9.17) is 9.15 Å². The van der Waals surface area contributed by atoms with Gasteiger partial charge in [-0.25, -0.2) is 4.79 Å². The molecule has 1 aromatic carbocycles. The average Bonchev–Trinajstić information content (AvgIpc) is 3.27. The van der Waals surface area contributed by atoms with Crippen molar-refractivity contribution in [3.05, 3.63) is 54.0 Å². The summed E-state index contributed by atoms with van der Waals surface area (Å²) in [5, 5.41) is 5.70. The highest BCUT2D eigenvalue weighted by atomic mass is 16.5. The Morgan fingerprint density at radius 3 is 2.93 bits per heavy atom. The summed E-state index contributed by atoms with van der Waals surface area (Å²) in [6.45, 7) is 4.02. The Kier molecular flexibility index (Phi) is 6.49. The lowest BCUT2D eigenvalue weighted by atomic mass is 10.2. The summed E-state index contributed by atoms with van der Waals surface area (Å²) < 4.78 is 10.8. The molecular formula is C20H25N3O4. The summed E-state index contributed by atoms with van der Waals surface area (Å²) in [7, 11) is 0. The predicted octanol–water partition coefficient (Wildman–Crippen LogP) is 3.13. The van der Waals surface area contributed by atoms with E-state index >= 15 is 0 Å². The summed E-state index contributed by atoms with van der Waals surface area (Å²) in [6.07, 6.45) is 3.11. The fraction of sp³-hybridized carbons (Fsp3) is 0.400. The number of nitrogens with one attached hydrogen (secondary N) is 2. The third-order valence-corrected chi connectivity index (χ3v) is 4.32. The molecule has 1 aromatic heterocycles. The third kappa shape index (κ3) is 5.86. The lowest BCUT2D eigenvalue weighted by Crippen LogP contribution is -2.44. The predicted molar refractivity (Wildman–Crippen MR) is 101 cm³/mol. The molecule has 3 rings (SSSR count). The van der Waals surface area contributed by atoms with Crippen LogP contribution in [0.25, 0.3) is 0 Å². The van der Waals surface area contributed by atoms with Crippen molar-refractivity contribution in [2.24, 2.45) is 0 Å². The number of rotatable bonds is 8. The van der Waals surface area contributed by atoms with Crippen LogP contribution in [0.2, 0.25) is 0 Å². The van der Waals surface area contributed by atoms with Gasteiger partial charge in [0, 0.05) is 31.2 Å². The zero-order chi connectivity index (χ0) is 19.1. The highest BCUT2D eigenvalue weighted by molar-refractivity contribution is 5.89. The molecule has 27 heavy (non-hydrogen) atoms. The number of hydrogen-bond acceptors (Lipinski definition) is 4. The first-order valence-electron chi connectivity index (χ1n) is 9.14. The smallest absolute Gasteiger partial charge is 0.319 e. The molecule has 144 valence electrons. The number of nitrogens with zero attached hydrogens (tertiary/aromatic N) is 1. The highest BCUT2D eigenvalue weighted by Crippen LogP contribution is 2.13. The number of amides is 3. The summed E-state index contributed by atoms with van der Waals surface area (Å²) >= 11 is 0. The Morgan fingerprint density at radius 1 is 1.30 bits per heavy atom. The second-order valence-corrected chi connectivity index (χ2v) is 6.72. The van der Waals surface area contributed by atoms with Crippen molar-refractivity contribution in [3.63, 3.8) is 0 Å². The number of anilines is 1. The normalized spacial score (nSPS) is 15.0. The number of carbonyl (C=O) groups is 2. The molecule has 1 aliphatic heterocycles. The Hall–Kier alpha value is -2.80. The van der Waals surface area contributed by atoms with E-state index in [0.717, 1.165) is 24.3 Å². The Bertz CT molecular complexity index is 760. The van der Waals surface area contributed by atoms with Gasteiger partial charge in [-0.2, -0.15) is 0 Å². The molecule has 1 fully saturated rings. The maximum atomic E-state index is 12.2. The third-order valence-electron chi connectivity index (χ3n) is 4.32. The number of ether oxygens (including phenoxy) is 1. The van der Waals surface area contributed by atoms with Gasteiger partial charge in [-0.3, -0.25) is 4.79 Å². The second kappa shape index (κ2) is 9.23. The number of benzene rings is 1. The summed E-state index contributed by atoms with van der Waals surface area (Å²) in [5.41, 5.74) is 1.64. The average molecular weight is 371 g/mol. The molecule has 1 atom stereocenters. The quantitative estimate of drug-likeness (QED) is 0.747. The van der Waals surface area contributed by atoms with Crippen LogP contribution in [-0.2, 0) is 22.7 Å². The molecule has 2 aromatic rings. The van der Waals surface area contributed by atoms with Gasteiger partial charge in [0.25, 0.3) is 0 Å². The molecule has 1 aliphatic rings. The van der Waals surface area contributed by atoms with Gasteiger partial charge in [-0.15, -0.1) is 0 Å². The van der Waals surface area contributed by atoms with Crippen molar-refractivity contribution < 1.29 is 18.7 Å². The van der Waals surface area contributed by atoms with E-state index < -0.39 is 0 Å². The fourth-order valence-corrected chi connectivity index (χ4v) is 3.07. The molecular weight excluding hydrogens is 346 g/mol. The van der Waals surface area contributed by atoms with Gasteiger partial charge in [-0.05, 0) is 43.2 Å². The molecule has 2 heterocycles. The van der Waals surface area contributed by atoms with Gasteiger partial charge in [-0.1, -0.05) is 12.1 Å². The molecule has 0 radical (unpaired) electrons. The van der Waals surface area contributed by atoms with E-state index in [1.54, 1.807) is 11.2 Å². The van der Waals surface area contributed by atoms with E-state index in [9.17, 15) is 9.59 Å². The van der Waals surface area contributed by atoms with Crippen LogP contribution in [0.1, 0.15) is 31.1 Å². The zero-order valence-corrected chi connectivity index (χ0v) is 15.4. The summed E-state index contributed by atoms with van der Waals surface area (Å²) in [5.74, 6) is 0.931. The van der Waals surface area contributed by atoms with E-state index in [2.05, 4.69) is 10.6 Å². The molecule has 0 aliphatic carbocycles. The van der Waals surface area contributed by atoms with Crippen molar-refractivity contribution >= 4 is 17.6 Å². The van der Waals surface area contributed by atoms with E-state index in [-0.39, 0.29) is 18.0 Å². The van der Waals surface area contributed by atoms with Crippen LogP contribution in [0.5, 0.6) is 0 Å². The first-order valence-corrected chi connectivity index (χ1v) is 9.14. The minimum atomic E-state index is -0.289. The Balaban J connectivity index is 1.43. The van der Waals surface area contributed by atoms with Crippen LogP contribution in [0.15, 0.2) is 47.1 Å². The molecule has 0 bridgehead atoms. The topological polar surface area (TPSA) is 83.8 Å². The largest absolute Gasteiger partial charge is 0.467 e. The van der Waals surface area contributed by atoms with Gasteiger partial charge in [0.05, 0.1) is 12.9 Å². The molecule has 7 heteroatoms. The van der Waals surface area contributed by atoms with Gasteiger partial charge < -0.3 is 24.7 Å². The summed E-state index contributed by atoms with van der Waals surface area (Å²) in [6, 6.07) is 10.8. The second-order valence-electron chi connectivity index (χ2n) is 6.72. The van der Waals surface area contributed by atoms with E-state index in [1.165, 1.54) is 0 Å². The lowest BCUT2D eigenvalue weighted by molar-refractivity contribution is -0.127. The van der Waals surface area contributed by atoms with Crippen LogP contribution >= 0.6 is 0 Å². The fourth-order valence-electron chi connectivity index (χ4n) is 3.07. The molecule has 7 nitrogen and oxygen atoms in total. The van der Waals surface area contributed by atoms with Gasteiger partial charge in [0.1, 0.15) is 12.4 Å². The molecule has 0 saturated carbocycles. The number of hydrogen-bond donors (Lipinski definition) is 2. The maximum absolute atomic E-state index is 12.2.